The Labute approximate surface area is 200 Å². The zero-order valence-corrected chi connectivity index (χ0v) is 20.2. The Hall–Kier alpha value is -2.91. The molecule has 9 nitrogen and oxygen atoms in total. The van der Waals surface area contributed by atoms with E-state index in [-0.39, 0.29) is 17.5 Å². The molecule has 9 heteroatoms. The highest BCUT2D eigenvalue weighted by atomic mass is 16.5. The molecule has 0 radical (unpaired) electrons. The second-order valence-electron chi connectivity index (χ2n) is 10.5. The molecule has 6 rings (SSSR count). The van der Waals surface area contributed by atoms with Crippen LogP contribution in [0.1, 0.15) is 36.8 Å². The lowest BCUT2D eigenvalue weighted by Gasteiger charge is -2.34. The van der Waals surface area contributed by atoms with Gasteiger partial charge in [-0.2, -0.15) is 4.98 Å². The molecule has 0 bridgehead atoms. The van der Waals surface area contributed by atoms with Crippen LogP contribution in [0.25, 0.3) is 0 Å². The van der Waals surface area contributed by atoms with Crippen LogP contribution in [-0.2, 0) is 10.2 Å². The number of rotatable bonds is 5. The molecule has 3 heterocycles. The summed E-state index contributed by atoms with van der Waals surface area (Å²) in [6.45, 7) is 2.03. The van der Waals surface area contributed by atoms with Crippen molar-refractivity contribution in [1.82, 2.24) is 20.8 Å². The fraction of sp³-hybridized carbons (Fsp3) is 0.560. The van der Waals surface area contributed by atoms with E-state index < -0.39 is 0 Å². The topological polar surface area (TPSA) is 103 Å². The molecule has 1 saturated heterocycles. The highest BCUT2D eigenvalue weighted by Gasteiger charge is 2.67. The van der Waals surface area contributed by atoms with E-state index in [1.165, 1.54) is 0 Å². The van der Waals surface area contributed by atoms with Gasteiger partial charge < -0.3 is 20.3 Å². The van der Waals surface area contributed by atoms with E-state index >= 15 is 0 Å². The third-order valence-electron chi connectivity index (χ3n) is 8.39. The molecule has 2 aromatic rings. The monoisotopic (exact) mass is 463 g/mol. The van der Waals surface area contributed by atoms with E-state index in [1.54, 1.807) is 7.11 Å². The molecular formula is C25H33N7O2. The lowest BCUT2D eigenvalue weighted by Crippen LogP contribution is -2.39. The number of aromatic nitrogens is 2. The van der Waals surface area contributed by atoms with Gasteiger partial charge in [-0.1, -0.05) is 0 Å². The van der Waals surface area contributed by atoms with Crippen LogP contribution in [0.5, 0.6) is 5.75 Å². The van der Waals surface area contributed by atoms with Crippen LogP contribution in [0.3, 0.4) is 0 Å². The predicted molar refractivity (Wildman–Crippen MR) is 131 cm³/mol. The van der Waals surface area contributed by atoms with Gasteiger partial charge in [0, 0.05) is 43.5 Å². The van der Waals surface area contributed by atoms with E-state index in [0.29, 0.717) is 29.7 Å². The van der Waals surface area contributed by atoms with Crippen LogP contribution in [0.15, 0.2) is 24.4 Å². The number of carbonyl (C=O) groups excluding carboxylic acids is 1. The first-order valence-corrected chi connectivity index (χ1v) is 12.2. The quantitative estimate of drug-likeness (QED) is 0.536. The normalized spacial score (nSPS) is 33.3. The van der Waals surface area contributed by atoms with Crippen molar-refractivity contribution >= 4 is 23.4 Å². The molecule has 4 unspecified atom stereocenters. The molecule has 4 N–H and O–H groups in total. The van der Waals surface area contributed by atoms with Gasteiger partial charge in [0.05, 0.1) is 18.7 Å². The molecule has 2 aliphatic heterocycles. The van der Waals surface area contributed by atoms with Crippen molar-refractivity contribution in [3.8, 4) is 5.75 Å². The molecule has 4 aliphatic rings. The summed E-state index contributed by atoms with van der Waals surface area (Å²) < 4.78 is 5.45. The molecule has 1 amide bonds. The third-order valence-corrected chi connectivity index (χ3v) is 8.39. The number of carbonyl (C=O) groups is 1. The van der Waals surface area contributed by atoms with E-state index in [1.807, 2.05) is 44.2 Å². The number of hydrogen-bond donors (Lipinski definition) is 4. The molecule has 1 aromatic carbocycles. The van der Waals surface area contributed by atoms with Gasteiger partial charge in [0.15, 0.2) is 0 Å². The summed E-state index contributed by atoms with van der Waals surface area (Å²) in [6, 6.07) is 6.32. The summed E-state index contributed by atoms with van der Waals surface area (Å²) >= 11 is 0. The summed E-state index contributed by atoms with van der Waals surface area (Å²) in [4.78, 5) is 24.1. The maximum atomic E-state index is 13.1. The minimum atomic E-state index is -0.369. The number of fused-ring (bicyclic) bond motifs is 3. The number of hydrogen-bond acceptors (Lipinski definition) is 8. The van der Waals surface area contributed by atoms with E-state index in [4.69, 9.17) is 9.72 Å². The van der Waals surface area contributed by atoms with Crippen molar-refractivity contribution in [2.24, 2.45) is 17.8 Å². The van der Waals surface area contributed by atoms with Crippen molar-refractivity contribution in [2.75, 3.05) is 36.7 Å². The summed E-state index contributed by atoms with van der Waals surface area (Å²) in [5.74, 6) is 3.93. The smallest absolute Gasteiger partial charge is 0.235 e. The van der Waals surface area contributed by atoms with E-state index in [2.05, 4.69) is 32.5 Å². The van der Waals surface area contributed by atoms with Gasteiger partial charge in [-0.15, -0.1) is 0 Å². The molecule has 2 saturated carbocycles. The number of ether oxygens (including phenoxy) is 1. The van der Waals surface area contributed by atoms with Gasteiger partial charge in [0.25, 0.3) is 0 Å². The van der Waals surface area contributed by atoms with Gasteiger partial charge in [0.1, 0.15) is 11.6 Å². The largest absolute Gasteiger partial charge is 0.497 e. The standard InChI is InChI=1S/C25H33N7O2/c1-13-12-26-24(32(2)3)29-21(13)28-22-16-7-5-14(9-20(16)30-31-22)18-11-25(18)17-10-15(34-4)6-8-19(17)27-23(25)33/h6,8,10,12,14,16,18,20,22,30-31H,5,7,9,11H2,1-4H3,(H,27,33)(H,26,28,29)/t14?,16?,18-,20?,22?,25-/m0/s1. The number of hydrazine groups is 1. The first-order chi connectivity index (χ1) is 16.4. The maximum absolute atomic E-state index is 13.1. The van der Waals surface area contributed by atoms with Crippen molar-refractivity contribution in [3.63, 3.8) is 0 Å². The highest BCUT2D eigenvalue weighted by molar-refractivity contribution is 6.09. The Morgan fingerprint density at radius 2 is 2.09 bits per heavy atom. The van der Waals surface area contributed by atoms with Crippen molar-refractivity contribution in [2.45, 2.75) is 50.2 Å². The molecule has 2 aliphatic carbocycles. The summed E-state index contributed by atoms with van der Waals surface area (Å²) in [5.41, 5.74) is 9.75. The zero-order valence-electron chi connectivity index (χ0n) is 20.2. The van der Waals surface area contributed by atoms with Crippen molar-refractivity contribution in [1.29, 1.82) is 0 Å². The lowest BCUT2D eigenvalue weighted by atomic mass is 9.74. The second kappa shape index (κ2) is 7.81. The SMILES string of the molecule is COc1ccc2c(c1)[C@]1(C[C@H]1C1CCC3C(C1)NNC3Nc1nc(N(C)C)ncc1C)C(=O)N2. The van der Waals surface area contributed by atoms with Crippen LogP contribution in [0.4, 0.5) is 17.5 Å². The number of amides is 1. The van der Waals surface area contributed by atoms with Crippen molar-refractivity contribution in [3.05, 3.63) is 35.5 Å². The summed E-state index contributed by atoms with van der Waals surface area (Å²) in [6.07, 6.45) is 6.23. The lowest BCUT2D eigenvalue weighted by molar-refractivity contribution is -0.118. The fourth-order valence-corrected chi connectivity index (χ4v) is 6.46. The molecule has 1 aromatic heterocycles. The summed E-state index contributed by atoms with van der Waals surface area (Å²) in [5, 5.41) is 6.74. The molecule has 3 fully saturated rings. The number of methoxy groups -OCH3 is 1. The number of nitrogens with zero attached hydrogens (tertiary/aromatic N) is 3. The molecule has 1 spiro atoms. The van der Waals surface area contributed by atoms with E-state index in [9.17, 15) is 4.79 Å². The molecule has 180 valence electrons. The van der Waals surface area contributed by atoms with Gasteiger partial charge in [-0.25, -0.2) is 10.4 Å². The van der Waals surface area contributed by atoms with Crippen LogP contribution < -0.4 is 31.1 Å². The molecule has 34 heavy (non-hydrogen) atoms. The van der Waals surface area contributed by atoms with E-state index in [0.717, 1.165) is 54.1 Å². The molecular weight excluding hydrogens is 430 g/mol. The minimum Gasteiger partial charge on any atom is -0.497 e. The van der Waals surface area contributed by atoms with Gasteiger partial charge in [-0.3, -0.25) is 10.2 Å². The van der Waals surface area contributed by atoms with Crippen LogP contribution in [0.2, 0.25) is 0 Å². The fourth-order valence-electron chi connectivity index (χ4n) is 6.46. The Kier molecular flexibility index (Phi) is 4.97. The number of aryl methyl sites for hydroxylation is 1. The number of nitrogens with one attached hydrogen (secondary N) is 4. The zero-order chi connectivity index (χ0) is 23.6. The molecule has 6 atom stereocenters. The Bertz CT molecular complexity index is 1140. The van der Waals surface area contributed by atoms with Crippen LogP contribution in [-0.4, -0.2) is 49.3 Å². The van der Waals surface area contributed by atoms with Gasteiger partial charge in [-0.05, 0) is 68.2 Å². The Balaban J connectivity index is 1.15. The minimum absolute atomic E-state index is 0.113. The highest BCUT2D eigenvalue weighted by Crippen LogP contribution is 2.65. The predicted octanol–water partition coefficient (Wildman–Crippen LogP) is 2.40. The second-order valence-corrected chi connectivity index (χ2v) is 10.5. The van der Waals surface area contributed by atoms with Crippen molar-refractivity contribution < 1.29 is 9.53 Å². The number of anilines is 3. The Morgan fingerprint density at radius 3 is 2.88 bits per heavy atom. The average Bonchev–Trinajstić information content (AvgIpc) is 3.38. The number of benzene rings is 1. The maximum Gasteiger partial charge on any atom is 0.235 e. The first-order valence-electron chi connectivity index (χ1n) is 12.2. The van der Waals surface area contributed by atoms with Crippen LogP contribution in [0, 0.1) is 24.7 Å². The summed E-state index contributed by atoms with van der Waals surface area (Å²) in [7, 11) is 5.58. The first kappa shape index (κ1) is 21.6. The van der Waals surface area contributed by atoms with Gasteiger partial charge >= 0.3 is 0 Å². The Morgan fingerprint density at radius 1 is 1.24 bits per heavy atom. The van der Waals surface area contributed by atoms with Gasteiger partial charge in [0.2, 0.25) is 11.9 Å². The third kappa shape index (κ3) is 3.25. The van der Waals surface area contributed by atoms with Crippen LogP contribution >= 0.6 is 0 Å². The average molecular weight is 464 g/mol.